The van der Waals surface area contributed by atoms with Gasteiger partial charge in [0.15, 0.2) is 17.3 Å². The first-order chi connectivity index (χ1) is 10.5. The van der Waals surface area contributed by atoms with E-state index in [2.05, 4.69) is 0 Å². The Morgan fingerprint density at radius 3 is 2.23 bits per heavy atom. The molecule has 0 saturated carbocycles. The summed E-state index contributed by atoms with van der Waals surface area (Å²) in [7, 11) is -0.951. The minimum Gasteiger partial charge on any atom is -0.493 e. The lowest BCUT2D eigenvalue weighted by Crippen LogP contribution is -2.12. The SMILES string of the molecule is COc1cc2c(cc1OC)S(=O)(=O)OC(c1ccccc1)=C2. The third kappa shape index (κ3) is 2.42. The molecule has 0 N–H and O–H groups in total. The van der Waals surface area contributed by atoms with Gasteiger partial charge in [0.25, 0.3) is 0 Å². The van der Waals surface area contributed by atoms with E-state index in [0.29, 0.717) is 22.6 Å². The zero-order valence-electron chi connectivity index (χ0n) is 12.1. The van der Waals surface area contributed by atoms with Crippen LogP contribution in [0.3, 0.4) is 0 Å². The third-order valence-corrected chi connectivity index (χ3v) is 4.62. The fraction of sp³-hybridized carbons (Fsp3) is 0.125. The molecule has 0 aromatic heterocycles. The summed E-state index contributed by atoms with van der Waals surface area (Å²) in [5.74, 6) is 1.08. The molecular formula is C16H14O5S. The Bertz CT molecular complexity index is 838. The van der Waals surface area contributed by atoms with Crippen molar-refractivity contribution < 1.29 is 22.1 Å². The van der Waals surface area contributed by atoms with Crippen LogP contribution < -0.4 is 9.47 Å². The Kier molecular flexibility index (Phi) is 3.54. The topological polar surface area (TPSA) is 61.8 Å². The van der Waals surface area contributed by atoms with Crippen LogP contribution in [-0.4, -0.2) is 22.6 Å². The fourth-order valence-electron chi connectivity index (χ4n) is 2.27. The van der Waals surface area contributed by atoms with E-state index in [1.54, 1.807) is 24.3 Å². The van der Waals surface area contributed by atoms with Crippen LogP contribution in [0.15, 0.2) is 47.4 Å². The number of methoxy groups -OCH3 is 2. The van der Waals surface area contributed by atoms with Gasteiger partial charge in [-0.25, -0.2) is 0 Å². The quantitative estimate of drug-likeness (QED) is 0.814. The number of hydrogen-bond acceptors (Lipinski definition) is 5. The van der Waals surface area contributed by atoms with Gasteiger partial charge in [0.1, 0.15) is 4.90 Å². The number of hydrogen-bond donors (Lipinski definition) is 0. The van der Waals surface area contributed by atoms with Crippen molar-refractivity contribution in [3.8, 4) is 11.5 Å². The molecule has 0 radical (unpaired) electrons. The highest BCUT2D eigenvalue weighted by Crippen LogP contribution is 2.39. The van der Waals surface area contributed by atoms with Gasteiger partial charge in [0.05, 0.1) is 14.2 Å². The molecule has 0 atom stereocenters. The summed E-state index contributed by atoms with van der Waals surface area (Å²) in [4.78, 5) is 0.0600. The minimum absolute atomic E-state index is 0.0600. The van der Waals surface area contributed by atoms with Gasteiger partial charge in [-0.2, -0.15) is 8.42 Å². The molecule has 0 aliphatic carbocycles. The Morgan fingerprint density at radius 2 is 1.59 bits per heavy atom. The summed E-state index contributed by atoms with van der Waals surface area (Å²) in [5.41, 5.74) is 1.19. The van der Waals surface area contributed by atoms with Crippen molar-refractivity contribution in [2.24, 2.45) is 0 Å². The number of benzene rings is 2. The van der Waals surface area contributed by atoms with E-state index in [0.717, 1.165) is 0 Å². The van der Waals surface area contributed by atoms with Gasteiger partial charge >= 0.3 is 10.1 Å². The first-order valence-electron chi connectivity index (χ1n) is 6.53. The maximum Gasteiger partial charge on any atom is 0.339 e. The zero-order chi connectivity index (χ0) is 15.7. The summed E-state index contributed by atoms with van der Waals surface area (Å²) in [5, 5.41) is 0. The normalized spacial score (nSPS) is 15.3. The molecule has 22 heavy (non-hydrogen) atoms. The molecule has 0 amide bonds. The fourth-order valence-corrected chi connectivity index (χ4v) is 3.40. The van der Waals surface area contributed by atoms with Gasteiger partial charge < -0.3 is 13.7 Å². The van der Waals surface area contributed by atoms with Crippen molar-refractivity contribution in [2.75, 3.05) is 14.2 Å². The van der Waals surface area contributed by atoms with Crippen LogP contribution in [0, 0.1) is 0 Å². The predicted octanol–water partition coefficient (Wildman–Crippen LogP) is 2.92. The van der Waals surface area contributed by atoms with Crippen LogP contribution in [0.5, 0.6) is 11.5 Å². The maximum atomic E-state index is 12.4. The second kappa shape index (κ2) is 5.38. The van der Waals surface area contributed by atoms with E-state index >= 15 is 0 Å². The van der Waals surface area contributed by atoms with Crippen molar-refractivity contribution in [3.63, 3.8) is 0 Å². The Balaban J connectivity index is 2.21. The van der Waals surface area contributed by atoms with Crippen LogP contribution in [0.4, 0.5) is 0 Å². The molecule has 0 fully saturated rings. The average Bonchev–Trinajstić information content (AvgIpc) is 2.53. The molecule has 0 saturated heterocycles. The summed E-state index contributed by atoms with van der Waals surface area (Å²) < 4.78 is 40.3. The molecular weight excluding hydrogens is 304 g/mol. The molecule has 1 aliphatic heterocycles. The van der Waals surface area contributed by atoms with E-state index in [1.807, 2.05) is 18.2 Å². The van der Waals surface area contributed by atoms with Crippen molar-refractivity contribution in [1.82, 2.24) is 0 Å². The molecule has 1 aliphatic rings. The highest BCUT2D eigenvalue weighted by molar-refractivity contribution is 7.87. The first kappa shape index (κ1) is 14.5. The zero-order valence-corrected chi connectivity index (χ0v) is 12.9. The lowest BCUT2D eigenvalue weighted by Gasteiger charge is -2.19. The molecule has 2 aromatic rings. The van der Waals surface area contributed by atoms with Gasteiger partial charge in [-0.3, -0.25) is 0 Å². The Labute approximate surface area is 128 Å². The number of ether oxygens (including phenoxy) is 2. The van der Waals surface area contributed by atoms with Crippen LogP contribution in [-0.2, 0) is 14.3 Å². The standard InChI is InChI=1S/C16H14O5S/c1-19-14-9-12-8-13(11-6-4-3-5-7-11)21-22(17,18)16(12)10-15(14)20-2/h3-10H,1-2H3. The van der Waals surface area contributed by atoms with Crippen LogP contribution in [0.2, 0.25) is 0 Å². The molecule has 0 spiro atoms. The second-order valence-electron chi connectivity index (χ2n) is 4.66. The highest BCUT2D eigenvalue weighted by atomic mass is 32.2. The molecule has 0 bridgehead atoms. The van der Waals surface area contributed by atoms with E-state index < -0.39 is 10.1 Å². The summed E-state index contributed by atoms with van der Waals surface area (Å²) >= 11 is 0. The largest absolute Gasteiger partial charge is 0.493 e. The summed E-state index contributed by atoms with van der Waals surface area (Å²) in [6.45, 7) is 0. The molecule has 1 heterocycles. The highest BCUT2D eigenvalue weighted by Gasteiger charge is 2.29. The Hall–Kier alpha value is -2.47. The molecule has 0 unspecified atom stereocenters. The molecule has 6 heteroatoms. The van der Waals surface area contributed by atoms with Crippen molar-refractivity contribution in [2.45, 2.75) is 4.90 Å². The van der Waals surface area contributed by atoms with Crippen molar-refractivity contribution in [3.05, 3.63) is 53.6 Å². The van der Waals surface area contributed by atoms with E-state index in [9.17, 15) is 8.42 Å². The van der Waals surface area contributed by atoms with Crippen LogP contribution in [0.1, 0.15) is 11.1 Å². The minimum atomic E-state index is -3.90. The Morgan fingerprint density at radius 1 is 0.955 bits per heavy atom. The maximum absolute atomic E-state index is 12.4. The number of rotatable bonds is 3. The molecule has 114 valence electrons. The summed E-state index contributed by atoms with van der Waals surface area (Å²) in [6, 6.07) is 12.1. The smallest absolute Gasteiger partial charge is 0.339 e. The third-order valence-electron chi connectivity index (χ3n) is 3.33. The van der Waals surface area contributed by atoms with Crippen molar-refractivity contribution >= 4 is 22.0 Å². The average molecular weight is 318 g/mol. The van der Waals surface area contributed by atoms with Crippen LogP contribution >= 0.6 is 0 Å². The van der Waals surface area contributed by atoms with E-state index in [-0.39, 0.29) is 10.7 Å². The summed E-state index contributed by atoms with van der Waals surface area (Å²) in [6.07, 6.45) is 1.67. The van der Waals surface area contributed by atoms with Gasteiger partial charge in [-0.15, -0.1) is 0 Å². The lowest BCUT2D eigenvalue weighted by atomic mass is 10.1. The molecule has 5 nitrogen and oxygen atoms in total. The van der Waals surface area contributed by atoms with Crippen molar-refractivity contribution in [1.29, 1.82) is 0 Å². The van der Waals surface area contributed by atoms with Gasteiger partial charge in [0.2, 0.25) is 0 Å². The second-order valence-corrected chi connectivity index (χ2v) is 6.17. The first-order valence-corrected chi connectivity index (χ1v) is 7.93. The molecule has 2 aromatic carbocycles. The van der Waals surface area contributed by atoms with E-state index in [1.165, 1.54) is 20.3 Å². The van der Waals surface area contributed by atoms with Gasteiger partial charge in [0, 0.05) is 17.2 Å². The van der Waals surface area contributed by atoms with E-state index in [4.69, 9.17) is 13.7 Å². The number of fused-ring (bicyclic) bond motifs is 1. The van der Waals surface area contributed by atoms with Crippen LogP contribution in [0.25, 0.3) is 11.8 Å². The lowest BCUT2D eigenvalue weighted by molar-refractivity contribution is 0.353. The van der Waals surface area contributed by atoms with Gasteiger partial charge in [-0.1, -0.05) is 30.3 Å². The van der Waals surface area contributed by atoms with Gasteiger partial charge in [-0.05, 0) is 12.1 Å². The molecule has 3 rings (SSSR count). The predicted molar refractivity (Wildman–Crippen MR) is 82.1 cm³/mol. The monoisotopic (exact) mass is 318 g/mol.